The van der Waals surface area contributed by atoms with E-state index in [1.807, 2.05) is 30.3 Å². The lowest BCUT2D eigenvalue weighted by atomic mass is 10.0. The fraction of sp³-hybridized carbons (Fsp3) is 0.100. The Morgan fingerprint density at radius 2 is 1.76 bits per heavy atom. The summed E-state index contributed by atoms with van der Waals surface area (Å²) in [6.45, 7) is 0. The second-order valence-corrected chi connectivity index (χ2v) is 5.91. The van der Waals surface area contributed by atoms with Gasteiger partial charge in [-0.2, -0.15) is 0 Å². The zero-order valence-corrected chi connectivity index (χ0v) is 14.4. The van der Waals surface area contributed by atoms with Gasteiger partial charge in [-0.1, -0.05) is 41.9 Å². The Labute approximate surface area is 150 Å². The number of rotatable bonds is 5. The second-order valence-electron chi connectivity index (χ2n) is 5.53. The number of halogens is 1. The molecule has 0 saturated heterocycles. The van der Waals surface area contributed by atoms with Crippen LogP contribution in [0.3, 0.4) is 0 Å². The Morgan fingerprint density at radius 1 is 1.08 bits per heavy atom. The van der Waals surface area contributed by atoms with Crippen molar-refractivity contribution in [3.63, 3.8) is 0 Å². The van der Waals surface area contributed by atoms with Crippen molar-refractivity contribution in [3.05, 3.63) is 92.9 Å². The van der Waals surface area contributed by atoms with Gasteiger partial charge in [-0.3, -0.25) is 14.2 Å². The molecular weight excluding hydrogens is 338 g/mol. The summed E-state index contributed by atoms with van der Waals surface area (Å²) in [5.74, 6) is 0.686. The molecule has 2 aromatic carbocycles. The summed E-state index contributed by atoms with van der Waals surface area (Å²) in [4.78, 5) is 24.4. The van der Waals surface area contributed by atoms with Crippen LogP contribution in [0.15, 0.2) is 65.6 Å². The van der Waals surface area contributed by atoms with Gasteiger partial charge in [0, 0.05) is 23.9 Å². The van der Waals surface area contributed by atoms with E-state index >= 15 is 0 Å². The Kier molecular flexibility index (Phi) is 5.00. The molecule has 0 fully saturated rings. The molecule has 1 heterocycles. The van der Waals surface area contributed by atoms with Crippen molar-refractivity contribution in [1.29, 1.82) is 0 Å². The van der Waals surface area contributed by atoms with Crippen LogP contribution in [0.25, 0.3) is 5.69 Å². The van der Waals surface area contributed by atoms with Gasteiger partial charge in [0.1, 0.15) is 5.75 Å². The quantitative estimate of drug-likeness (QED) is 0.653. The predicted molar refractivity (Wildman–Crippen MR) is 98.2 cm³/mol. The first kappa shape index (κ1) is 17.0. The summed E-state index contributed by atoms with van der Waals surface area (Å²) in [6.07, 6.45) is 2.49. The van der Waals surface area contributed by atoms with Crippen molar-refractivity contribution < 1.29 is 9.53 Å². The first-order valence-corrected chi connectivity index (χ1v) is 8.09. The van der Waals surface area contributed by atoms with E-state index in [0.717, 1.165) is 5.56 Å². The van der Waals surface area contributed by atoms with Crippen LogP contribution in [-0.2, 0) is 6.42 Å². The Bertz CT molecular complexity index is 947. The molecule has 126 valence electrons. The summed E-state index contributed by atoms with van der Waals surface area (Å²) in [6, 6.07) is 16.6. The van der Waals surface area contributed by atoms with E-state index in [4.69, 9.17) is 16.3 Å². The maximum absolute atomic E-state index is 12.9. The Morgan fingerprint density at radius 3 is 2.36 bits per heavy atom. The lowest BCUT2D eigenvalue weighted by molar-refractivity contribution is 0.112. The predicted octanol–water partition coefficient (Wildman–Crippen LogP) is 3.90. The molecule has 5 heteroatoms. The molecule has 0 bridgehead atoms. The van der Waals surface area contributed by atoms with Crippen molar-refractivity contribution in [1.82, 2.24) is 4.57 Å². The summed E-state index contributed by atoms with van der Waals surface area (Å²) >= 11 is 6.31. The minimum absolute atomic E-state index is 0.202. The Hall–Kier alpha value is -2.85. The van der Waals surface area contributed by atoms with Gasteiger partial charge in [0.05, 0.1) is 17.7 Å². The molecule has 0 atom stereocenters. The SMILES string of the molecule is COc1ccc(-n2cc(C=O)c(Cl)c(Cc3ccccc3)c2=O)cc1. The van der Waals surface area contributed by atoms with Gasteiger partial charge in [0.25, 0.3) is 5.56 Å². The van der Waals surface area contributed by atoms with Crippen molar-refractivity contribution in [2.45, 2.75) is 6.42 Å². The monoisotopic (exact) mass is 353 g/mol. The average Bonchev–Trinajstić information content (AvgIpc) is 2.66. The van der Waals surface area contributed by atoms with E-state index in [0.29, 0.717) is 29.7 Å². The lowest BCUT2D eigenvalue weighted by Gasteiger charge is -2.13. The molecule has 0 aliphatic rings. The zero-order valence-electron chi connectivity index (χ0n) is 13.6. The number of carbonyl (C=O) groups excluding carboxylic acids is 1. The standard InChI is InChI=1S/C20H16ClNO3/c1-25-17-9-7-16(8-10-17)22-12-15(13-23)19(21)18(20(22)24)11-14-5-3-2-4-6-14/h2-10,12-13H,11H2,1H3. The van der Waals surface area contributed by atoms with Crippen molar-refractivity contribution >= 4 is 17.9 Å². The van der Waals surface area contributed by atoms with E-state index in [2.05, 4.69) is 0 Å². The molecule has 0 aliphatic heterocycles. The number of nitrogens with zero attached hydrogens (tertiary/aromatic N) is 1. The third kappa shape index (κ3) is 3.49. The first-order valence-electron chi connectivity index (χ1n) is 7.71. The van der Waals surface area contributed by atoms with Crippen LogP contribution in [0.5, 0.6) is 5.75 Å². The van der Waals surface area contributed by atoms with Gasteiger partial charge >= 0.3 is 0 Å². The van der Waals surface area contributed by atoms with Crippen LogP contribution >= 0.6 is 11.6 Å². The lowest BCUT2D eigenvalue weighted by Crippen LogP contribution is -2.24. The molecule has 0 saturated carbocycles. The van der Waals surface area contributed by atoms with E-state index < -0.39 is 0 Å². The molecule has 0 spiro atoms. The molecule has 4 nitrogen and oxygen atoms in total. The third-order valence-corrected chi connectivity index (χ3v) is 4.41. The van der Waals surface area contributed by atoms with Crippen molar-refractivity contribution in [2.24, 2.45) is 0 Å². The highest BCUT2D eigenvalue weighted by Gasteiger charge is 2.15. The molecule has 0 amide bonds. The van der Waals surface area contributed by atoms with E-state index in [9.17, 15) is 9.59 Å². The largest absolute Gasteiger partial charge is 0.497 e. The molecule has 0 N–H and O–H groups in total. The fourth-order valence-electron chi connectivity index (χ4n) is 2.64. The van der Waals surface area contributed by atoms with Gasteiger partial charge in [-0.15, -0.1) is 0 Å². The number of hydrogen-bond donors (Lipinski definition) is 0. The summed E-state index contributed by atoms with van der Waals surface area (Å²) < 4.78 is 6.58. The number of benzene rings is 2. The van der Waals surface area contributed by atoms with Crippen LogP contribution in [0, 0.1) is 0 Å². The minimum atomic E-state index is -0.246. The van der Waals surface area contributed by atoms with Crippen molar-refractivity contribution in [3.8, 4) is 11.4 Å². The number of hydrogen-bond acceptors (Lipinski definition) is 3. The minimum Gasteiger partial charge on any atom is -0.497 e. The van der Waals surface area contributed by atoms with Gasteiger partial charge in [-0.25, -0.2) is 0 Å². The normalized spacial score (nSPS) is 10.5. The highest BCUT2D eigenvalue weighted by Crippen LogP contribution is 2.22. The average molecular weight is 354 g/mol. The fourth-order valence-corrected chi connectivity index (χ4v) is 2.88. The number of aldehydes is 1. The van der Waals surface area contributed by atoms with Crippen LogP contribution < -0.4 is 10.3 Å². The molecule has 3 aromatic rings. The van der Waals surface area contributed by atoms with Crippen LogP contribution in [0.2, 0.25) is 5.02 Å². The van der Waals surface area contributed by atoms with Crippen LogP contribution in [0.1, 0.15) is 21.5 Å². The van der Waals surface area contributed by atoms with Crippen LogP contribution in [-0.4, -0.2) is 18.0 Å². The van der Waals surface area contributed by atoms with Gasteiger partial charge < -0.3 is 4.74 Å². The van der Waals surface area contributed by atoms with E-state index in [-0.39, 0.29) is 16.1 Å². The molecule has 1 aromatic heterocycles. The third-order valence-electron chi connectivity index (χ3n) is 3.96. The number of methoxy groups -OCH3 is 1. The highest BCUT2D eigenvalue weighted by atomic mass is 35.5. The van der Waals surface area contributed by atoms with Crippen molar-refractivity contribution in [2.75, 3.05) is 7.11 Å². The second kappa shape index (κ2) is 7.36. The molecule has 3 rings (SSSR count). The van der Waals surface area contributed by atoms with Gasteiger partial charge in [0.15, 0.2) is 6.29 Å². The van der Waals surface area contributed by atoms with E-state index in [1.165, 1.54) is 10.8 Å². The first-order chi connectivity index (χ1) is 12.1. The highest BCUT2D eigenvalue weighted by molar-refractivity contribution is 6.33. The number of aromatic nitrogens is 1. The topological polar surface area (TPSA) is 48.3 Å². The summed E-state index contributed by atoms with van der Waals surface area (Å²) in [5, 5.41) is 0.202. The smallest absolute Gasteiger partial charge is 0.260 e. The van der Waals surface area contributed by atoms with E-state index in [1.54, 1.807) is 31.4 Å². The maximum atomic E-state index is 12.9. The van der Waals surface area contributed by atoms with Gasteiger partial charge in [0.2, 0.25) is 0 Å². The zero-order chi connectivity index (χ0) is 17.8. The van der Waals surface area contributed by atoms with Gasteiger partial charge in [-0.05, 0) is 29.8 Å². The Balaban J connectivity index is 2.14. The summed E-state index contributed by atoms with van der Waals surface area (Å²) in [7, 11) is 1.58. The molecular formula is C20H16ClNO3. The van der Waals surface area contributed by atoms with Crippen LogP contribution in [0.4, 0.5) is 0 Å². The maximum Gasteiger partial charge on any atom is 0.260 e. The molecule has 0 unspecified atom stereocenters. The number of ether oxygens (including phenoxy) is 1. The number of carbonyl (C=O) groups is 1. The molecule has 25 heavy (non-hydrogen) atoms. The molecule has 0 aliphatic carbocycles. The number of pyridine rings is 1. The molecule has 0 radical (unpaired) electrons. The summed E-state index contributed by atoms with van der Waals surface area (Å²) in [5.41, 5.74) is 2.02.